The summed E-state index contributed by atoms with van der Waals surface area (Å²) in [5.74, 6) is -6.01. The average molecular weight is 2750 g/mol. The molecule has 1 aliphatic carbocycles. The van der Waals surface area contributed by atoms with Crippen LogP contribution in [0, 0.1) is 85.1 Å². The standard InChI is InChI=1S/C24H18N.C13H7F2N2.C11H6F2N.2C11H8N.C10H5F2N2.C6H5NO2.2C5H8O2.2CH4.6Ir/c1-24(2)21-10-6-5-9-19(21)20-12-11-17(15-22(20)24)23-18-8-4-3-7-16(18)13-14-25-23;1-8-5-6-17-11(7-8)9-3-4-10(14)13(16-2)12(9)15;12-8-4-5-9(10(13)7-8)11-3-1-2-6-14-11;2*1-2-6-10(7-3-1)11-8-4-5-9-12-11;11-9-5-4-7(10(12)14-9)8-3-1-2-6-13-8;8-6(9)5-3-1-2-4-7-5;2*1-4(6)3-5(2)7;;;;;;;;/h3-10,12-15H,1-2H3;4-7H,1H3;1-4,6-7H;2*1-6,8-9H;1-3,5-6H;1-4H,(H,8,9);2*3,6H,1-2H3;2*1H4;;;;;;/q6*-1;;;;;;;;;;;. The van der Waals surface area contributed by atoms with Gasteiger partial charge >= 0.3 is 5.97 Å². The third kappa shape index (κ3) is 35.8. The number of aliphatic hydroxyl groups is 2. The van der Waals surface area contributed by atoms with E-state index in [0.717, 1.165) is 63.6 Å². The Hall–Kier alpha value is -11.1. The number of rotatable bonds is 9. The van der Waals surface area contributed by atoms with Crippen LogP contribution >= 0.6 is 0 Å². The molecule has 0 atom stereocenters. The van der Waals surface area contributed by atoms with Crippen LogP contribution in [-0.2, 0) is 136 Å². The second kappa shape index (κ2) is 58.9. The Balaban J connectivity index is 0.00000141. The van der Waals surface area contributed by atoms with E-state index in [9.17, 15) is 40.7 Å². The van der Waals surface area contributed by atoms with Gasteiger partial charge in [-0.15, -0.1) is 137 Å². The molecule has 27 heteroatoms. The molecule has 0 fully saturated rings. The minimum atomic E-state index is -0.990. The Morgan fingerprint density at radius 1 is 0.424 bits per heavy atom. The molecule has 656 valence electrons. The fourth-order valence-electron chi connectivity index (χ4n) is 11.0. The van der Waals surface area contributed by atoms with E-state index in [4.69, 9.17) is 21.9 Å². The summed E-state index contributed by atoms with van der Waals surface area (Å²) in [6.07, 6.45) is 13.8. The molecule has 16 rings (SSSR count). The number of pyridine rings is 8. The van der Waals surface area contributed by atoms with Crippen LogP contribution in [0.2, 0.25) is 0 Å². The van der Waals surface area contributed by atoms with Gasteiger partial charge in [0.15, 0.2) is 17.3 Å². The fourth-order valence-corrected chi connectivity index (χ4v) is 11.0. The van der Waals surface area contributed by atoms with E-state index in [0.29, 0.717) is 17.1 Å². The second-order valence-electron chi connectivity index (χ2n) is 25.4. The number of nitrogens with zero attached hydrogens (tertiary/aromatic N) is 9. The van der Waals surface area contributed by atoms with Crippen LogP contribution in [0.3, 0.4) is 0 Å². The molecule has 8 aromatic heterocycles. The van der Waals surface area contributed by atoms with Crippen molar-refractivity contribution >= 4 is 34.0 Å². The first-order valence-corrected chi connectivity index (χ1v) is 35.6. The first-order valence-electron chi connectivity index (χ1n) is 35.6. The molecule has 15 nitrogen and oxygen atoms in total. The van der Waals surface area contributed by atoms with E-state index >= 15 is 0 Å². The van der Waals surface area contributed by atoms with Gasteiger partial charge in [-0.1, -0.05) is 178 Å². The number of carboxylic acids is 1. The number of aromatic carboxylic acids is 1. The van der Waals surface area contributed by atoms with E-state index < -0.39 is 46.8 Å². The van der Waals surface area contributed by atoms with Crippen LogP contribution in [0.4, 0.5) is 32.0 Å². The Morgan fingerprint density at radius 2 is 0.896 bits per heavy atom. The van der Waals surface area contributed by atoms with Crippen LogP contribution in [0.15, 0.2) is 310 Å². The summed E-state index contributed by atoms with van der Waals surface area (Å²) >= 11 is 0. The van der Waals surface area contributed by atoms with Crippen molar-refractivity contribution in [1.82, 2.24) is 39.9 Å². The summed E-state index contributed by atoms with van der Waals surface area (Å²) in [7, 11) is 0. The molecule has 0 bridgehead atoms. The number of aryl methyl sites for hydroxylation is 1. The molecule has 0 amide bonds. The fraction of sp³-hybridized carbons (Fsp3) is 0.102. The number of ketones is 2. The molecule has 15 aromatic rings. The Bertz CT molecular complexity index is 5630. The van der Waals surface area contributed by atoms with Gasteiger partial charge in [0.25, 0.3) is 0 Å². The number of aromatic nitrogens is 8. The van der Waals surface area contributed by atoms with Crippen LogP contribution in [0.1, 0.15) is 83.6 Å². The summed E-state index contributed by atoms with van der Waals surface area (Å²) in [6.45, 7) is 18.9. The molecule has 1 aliphatic rings. The number of carbonyl (C=O) groups excluding carboxylic acids is 2. The van der Waals surface area contributed by atoms with Crippen molar-refractivity contribution in [2.24, 2.45) is 0 Å². The molecule has 3 N–H and O–H groups in total. The van der Waals surface area contributed by atoms with Crippen molar-refractivity contribution in [3.63, 3.8) is 0 Å². The monoisotopic (exact) mass is 2750 g/mol. The molecule has 0 unspecified atom stereocenters. The van der Waals surface area contributed by atoms with Gasteiger partial charge in [0, 0.05) is 199 Å². The number of hydrogen-bond donors (Lipinski definition) is 3. The molecule has 6 radical (unpaired) electrons. The normalized spacial score (nSPS) is 10.3. The van der Waals surface area contributed by atoms with Gasteiger partial charge in [-0.25, -0.2) is 18.6 Å². The Morgan fingerprint density at radius 3 is 1.35 bits per heavy atom. The SMILES string of the molecule is C.C.CC(=O)C=C(C)O.CC(=O)C=C(C)O.CC1(C)c2ccccc2-c2c[c-]c(-c3nccc4ccccc34)cc21.Fc1c[c-]c(-c2ccccn2)c(F)c1.Fc1c[c-]c(-c2ccccn2)c(F)n1.O=C(O)c1ccccn1.[C-]#[N+]c1c(F)c[c-]c(-c2cc(C)ccn2)c1F.[Ir].[Ir].[Ir].[Ir].[Ir].[Ir].[c-]1ccccc1-c1ccccn1.[c-]1ccccc1-c1ccccn1. The van der Waals surface area contributed by atoms with Gasteiger partial charge < -0.3 is 45.2 Å². The van der Waals surface area contributed by atoms with Crippen molar-refractivity contribution < 1.29 is 177 Å². The van der Waals surface area contributed by atoms with E-state index in [1.165, 1.54) is 97.5 Å². The average Bonchev–Trinajstić information content (AvgIpc) is 1.58. The summed E-state index contributed by atoms with van der Waals surface area (Å²) in [5.41, 5.74) is 13.3. The van der Waals surface area contributed by atoms with E-state index in [-0.39, 0.29) is 186 Å². The van der Waals surface area contributed by atoms with Crippen molar-refractivity contribution in [3.05, 3.63) is 415 Å². The Kier molecular flexibility index (Phi) is 53.6. The maximum atomic E-state index is 13.8. The zero-order chi connectivity index (χ0) is 84.2. The zero-order valence-corrected chi connectivity index (χ0v) is 80.5. The largest absolute Gasteiger partial charge is 0.512 e. The van der Waals surface area contributed by atoms with Crippen molar-refractivity contribution in [1.29, 1.82) is 0 Å². The molecule has 0 saturated carbocycles. The zero-order valence-electron chi connectivity index (χ0n) is 66.1. The van der Waals surface area contributed by atoms with Crippen molar-refractivity contribution in [3.8, 4) is 78.7 Å². The van der Waals surface area contributed by atoms with Crippen LogP contribution in [-0.4, -0.2) is 72.7 Å². The minimum absolute atomic E-state index is 0. The number of halogens is 6. The molecular formula is C98H81F6Ir6N9O6-6. The molecule has 125 heavy (non-hydrogen) atoms. The summed E-state index contributed by atoms with van der Waals surface area (Å²) < 4.78 is 78.3. The first-order chi connectivity index (χ1) is 56.3. The van der Waals surface area contributed by atoms with Gasteiger partial charge in [0.1, 0.15) is 17.6 Å². The van der Waals surface area contributed by atoms with Gasteiger partial charge in [-0.3, -0.25) is 37.0 Å². The second-order valence-corrected chi connectivity index (χ2v) is 25.4. The molecular weight excluding hydrogens is 2670 g/mol. The Labute approximate surface area is 805 Å². The topological polar surface area (TPSA) is 219 Å². The maximum absolute atomic E-state index is 13.8. The smallest absolute Gasteiger partial charge is 0.354 e. The molecule has 0 aliphatic heterocycles. The van der Waals surface area contributed by atoms with Gasteiger partial charge in [-0.2, -0.15) is 0 Å². The van der Waals surface area contributed by atoms with E-state index in [1.807, 2.05) is 98.0 Å². The van der Waals surface area contributed by atoms with Gasteiger partial charge in [0.05, 0.1) is 18.1 Å². The number of carboxylic acid groups (broad SMARTS) is 1. The number of allylic oxidation sites excluding steroid dienone is 4. The van der Waals surface area contributed by atoms with Crippen molar-refractivity contribution in [2.75, 3.05) is 0 Å². The molecule has 7 aromatic carbocycles. The predicted octanol–water partition coefficient (Wildman–Crippen LogP) is 24.0. The molecule has 0 spiro atoms. The van der Waals surface area contributed by atoms with Gasteiger partial charge in [-0.05, 0) is 139 Å². The number of fused-ring (bicyclic) bond motifs is 4. The number of hydrogen-bond acceptors (Lipinski definition) is 13. The van der Waals surface area contributed by atoms with Crippen LogP contribution in [0.25, 0.3) is 94.3 Å². The maximum Gasteiger partial charge on any atom is 0.354 e. The molecule has 8 heterocycles. The van der Waals surface area contributed by atoms with E-state index in [1.54, 1.807) is 79.3 Å². The van der Waals surface area contributed by atoms with Crippen LogP contribution in [0.5, 0.6) is 0 Å². The summed E-state index contributed by atoms with van der Waals surface area (Å²) in [5, 5.41) is 27.4. The minimum Gasteiger partial charge on any atom is -0.512 e. The number of benzene rings is 7. The third-order valence-corrected chi connectivity index (χ3v) is 16.2. The van der Waals surface area contributed by atoms with Crippen molar-refractivity contribution in [2.45, 2.75) is 68.7 Å². The first kappa shape index (κ1) is 114. The third-order valence-electron chi connectivity index (χ3n) is 16.2. The van der Waals surface area contributed by atoms with E-state index in [2.05, 4.69) is 162 Å². The summed E-state index contributed by atoms with van der Waals surface area (Å²) in [4.78, 5) is 64.6. The predicted molar refractivity (Wildman–Crippen MR) is 453 cm³/mol. The van der Waals surface area contributed by atoms with Crippen LogP contribution < -0.4 is 0 Å². The number of carbonyl (C=O) groups is 3. The molecule has 0 saturated heterocycles. The van der Waals surface area contributed by atoms with Gasteiger partial charge in [0.2, 0.25) is 0 Å². The summed E-state index contributed by atoms with van der Waals surface area (Å²) in [6, 6.07) is 90.3. The quantitative estimate of drug-likeness (QED) is 0.0403. The number of aliphatic hydroxyl groups excluding tert-OH is 2.